The molecule has 0 heterocycles. The number of allylic oxidation sites excluding steroid dienone is 2. The van der Waals surface area contributed by atoms with E-state index in [0.717, 1.165) is 6.42 Å². The molecule has 0 atom stereocenters. The number of aryl methyl sites for hydroxylation is 2. The van der Waals surface area contributed by atoms with Crippen LogP contribution in [0.15, 0.2) is 71.9 Å². The van der Waals surface area contributed by atoms with E-state index in [1.807, 2.05) is 0 Å². The van der Waals surface area contributed by atoms with Gasteiger partial charge in [-0.1, -0.05) is 91.6 Å². The summed E-state index contributed by atoms with van der Waals surface area (Å²) in [6.07, 6.45) is 8.61. The zero-order valence-corrected chi connectivity index (χ0v) is 15.9. The molecule has 0 saturated heterocycles. The smallest absolute Gasteiger partial charge is 0.0720 e. The molecule has 2 aromatic carbocycles. The monoisotopic (exact) mass is 322 g/mol. The van der Waals surface area contributed by atoms with Gasteiger partial charge >= 0.3 is 0 Å². The first kappa shape index (κ1) is 17.7. The van der Waals surface area contributed by atoms with Crippen molar-refractivity contribution < 1.29 is 0 Å². The van der Waals surface area contributed by atoms with E-state index >= 15 is 0 Å². The van der Waals surface area contributed by atoms with E-state index in [1.165, 1.54) is 36.8 Å². The minimum atomic E-state index is -1.20. The minimum absolute atomic E-state index is 1.16. The van der Waals surface area contributed by atoms with Gasteiger partial charge in [0.2, 0.25) is 0 Å². The number of hydrogen-bond acceptors (Lipinski definition) is 0. The lowest BCUT2D eigenvalue weighted by Crippen LogP contribution is -2.24. The lowest BCUT2D eigenvalue weighted by atomic mass is 10.1. The molecule has 0 fully saturated rings. The molecule has 0 aliphatic heterocycles. The van der Waals surface area contributed by atoms with Crippen LogP contribution in [-0.2, 0) is 12.8 Å². The maximum Gasteiger partial charge on any atom is 0.0720 e. The van der Waals surface area contributed by atoms with Crippen LogP contribution >= 0.6 is 0 Å². The summed E-state index contributed by atoms with van der Waals surface area (Å²) < 4.78 is 0. The van der Waals surface area contributed by atoms with Crippen molar-refractivity contribution in [1.29, 1.82) is 0 Å². The quantitative estimate of drug-likeness (QED) is 0.490. The minimum Gasteiger partial charge on any atom is -0.0888 e. The van der Waals surface area contributed by atoms with Gasteiger partial charge in [0.1, 0.15) is 0 Å². The van der Waals surface area contributed by atoms with Gasteiger partial charge in [0.25, 0.3) is 0 Å². The summed E-state index contributed by atoms with van der Waals surface area (Å²) in [5.74, 6) is 0. The molecule has 0 nitrogen and oxygen atoms in total. The van der Waals surface area contributed by atoms with Crippen molar-refractivity contribution in [2.75, 3.05) is 0 Å². The SMILES string of the molecule is C[Si](C)(C)/C(=C\CCc1ccccc1)CCCc1ccccc1. The van der Waals surface area contributed by atoms with Gasteiger partial charge in [0.15, 0.2) is 0 Å². The molecule has 23 heavy (non-hydrogen) atoms. The maximum absolute atomic E-state index is 2.55. The van der Waals surface area contributed by atoms with Crippen molar-refractivity contribution in [3.8, 4) is 0 Å². The van der Waals surface area contributed by atoms with E-state index in [1.54, 1.807) is 5.20 Å². The van der Waals surface area contributed by atoms with E-state index in [4.69, 9.17) is 0 Å². The zero-order valence-electron chi connectivity index (χ0n) is 14.9. The Kier molecular flexibility index (Phi) is 6.85. The Labute approximate surface area is 143 Å². The lowest BCUT2D eigenvalue weighted by molar-refractivity contribution is 0.823. The van der Waals surface area contributed by atoms with E-state index in [9.17, 15) is 0 Å². The van der Waals surface area contributed by atoms with Crippen molar-refractivity contribution >= 4 is 8.07 Å². The van der Waals surface area contributed by atoms with Crippen LogP contribution in [0.2, 0.25) is 19.6 Å². The van der Waals surface area contributed by atoms with Crippen molar-refractivity contribution in [3.63, 3.8) is 0 Å². The summed E-state index contributed by atoms with van der Waals surface area (Å²) >= 11 is 0. The Morgan fingerprint density at radius 3 is 1.83 bits per heavy atom. The zero-order chi connectivity index (χ0) is 16.5. The second kappa shape index (κ2) is 8.88. The molecule has 0 aromatic heterocycles. The molecule has 2 aromatic rings. The van der Waals surface area contributed by atoms with E-state index in [2.05, 4.69) is 86.4 Å². The van der Waals surface area contributed by atoms with E-state index < -0.39 is 8.07 Å². The summed E-state index contributed by atoms with van der Waals surface area (Å²) in [7, 11) is -1.20. The Morgan fingerprint density at radius 2 is 1.30 bits per heavy atom. The van der Waals surface area contributed by atoms with Gasteiger partial charge in [-0.05, 0) is 43.2 Å². The van der Waals surface area contributed by atoms with Crippen LogP contribution in [0.1, 0.15) is 30.4 Å². The third kappa shape index (κ3) is 6.58. The predicted octanol–water partition coefficient (Wildman–Crippen LogP) is 6.45. The van der Waals surface area contributed by atoms with Crippen molar-refractivity contribution in [3.05, 3.63) is 83.1 Å². The number of rotatable bonds is 8. The number of benzene rings is 2. The van der Waals surface area contributed by atoms with Crippen molar-refractivity contribution in [2.45, 2.75) is 51.7 Å². The summed E-state index contributed by atoms with van der Waals surface area (Å²) in [6.45, 7) is 7.43. The fraction of sp³-hybridized carbons (Fsp3) is 0.364. The first-order valence-corrected chi connectivity index (χ1v) is 12.3. The fourth-order valence-corrected chi connectivity index (χ4v) is 4.65. The molecule has 2 rings (SSSR count). The molecule has 0 bridgehead atoms. The van der Waals surface area contributed by atoms with Crippen LogP contribution in [0.4, 0.5) is 0 Å². The Bertz CT molecular complexity index is 591. The topological polar surface area (TPSA) is 0 Å². The standard InChI is InChI=1S/C22H30Si/c1-23(2,3)22(18-10-16-20-12-6-4-7-13-20)19-11-17-21-14-8-5-9-15-21/h4-9,12-15,18H,10-11,16-17,19H2,1-3H3/b22-18-. The molecular formula is C22H30Si. The molecule has 0 amide bonds. The highest BCUT2D eigenvalue weighted by atomic mass is 28.3. The molecule has 0 aliphatic carbocycles. The Morgan fingerprint density at radius 1 is 0.783 bits per heavy atom. The van der Waals surface area contributed by atoms with Crippen LogP contribution in [0.3, 0.4) is 0 Å². The molecular weight excluding hydrogens is 292 g/mol. The second-order valence-electron chi connectivity index (χ2n) is 7.34. The van der Waals surface area contributed by atoms with E-state index in [0.29, 0.717) is 0 Å². The maximum atomic E-state index is 2.55. The first-order chi connectivity index (χ1) is 11.1. The average Bonchev–Trinajstić information content (AvgIpc) is 2.54. The third-order valence-electron chi connectivity index (χ3n) is 4.38. The molecule has 0 radical (unpaired) electrons. The van der Waals surface area contributed by atoms with Crippen molar-refractivity contribution in [1.82, 2.24) is 0 Å². The second-order valence-corrected chi connectivity index (χ2v) is 12.5. The van der Waals surface area contributed by atoms with Crippen LogP contribution < -0.4 is 0 Å². The highest BCUT2D eigenvalue weighted by molar-refractivity contribution is 6.83. The first-order valence-electron chi connectivity index (χ1n) is 8.83. The fourth-order valence-electron chi connectivity index (χ4n) is 2.97. The molecule has 0 N–H and O–H groups in total. The van der Waals surface area contributed by atoms with E-state index in [-0.39, 0.29) is 0 Å². The summed E-state index contributed by atoms with van der Waals surface area (Å²) in [5.41, 5.74) is 2.91. The van der Waals surface area contributed by atoms with Gasteiger partial charge in [-0.25, -0.2) is 0 Å². The highest BCUT2D eigenvalue weighted by Crippen LogP contribution is 2.22. The summed E-state index contributed by atoms with van der Waals surface area (Å²) in [4.78, 5) is 0. The average molecular weight is 323 g/mol. The van der Waals surface area contributed by atoms with Gasteiger partial charge < -0.3 is 0 Å². The predicted molar refractivity (Wildman–Crippen MR) is 106 cm³/mol. The van der Waals surface area contributed by atoms with Crippen LogP contribution in [0, 0.1) is 0 Å². The number of hydrogen-bond donors (Lipinski definition) is 0. The molecule has 0 aliphatic rings. The Balaban J connectivity index is 1.87. The largest absolute Gasteiger partial charge is 0.0888 e. The van der Waals surface area contributed by atoms with Crippen molar-refractivity contribution in [2.24, 2.45) is 0 Å². The van der Waals surface area contributed by atoms with Crippen LogP contribution in [0.5, 0.6) is 0 Å². The van der Waals surface area contributed by atoms with Gasteiger partial charge in [-0.3, -0.25) is 0 Å². The van der Waals surface area contributed by atoms with Crippen LogP contribution in [-0.4, -0.2) is 8.07 Å². The summed E-state index contributed by atoms with van der Waals surface area (Å²) in [5, 5.41) is 1.74. The molecule has 1 heteroatoms. The molecule has 122 valence electrons. The van der Waals surface area contributed by atoms with Gasteiger partial charge in [0, 0.05) is 0 Å². The van der Waals surface area contributed by atoms with Crippen LogP contribution in [0.25, 0.3) is 0 Å². The molecule has 0 spiro atoms. The molecule has 0 unspecified atom stereocenters. The lowest BCUT2D eigenvalue weighted by Gasteiger charge is -2.21. The Hall–Kier alpha value is -1.60. The summed E-state index contributed by atoms with van der Waals surface area (Å²) in [6, 6.07) is 21.7. The normalized spacial score (nSPS) is 12.4. The third-order valence-corrected chi connectivity index (χ3v) is 6.77. The van der Waals surface area contributed by atoms with Gasteiger partial charge in [0.05, 0.1) is 8.07 Å². The molecule has 0 saturated carbocycles. The van der Waals surface area contributed by atoms with Gasteiger partial charge in [-0.2, -0.15) is 0 Å². The highest BCUT2D eigenvalue weighted by Gasteiger charge is 2.18. The van der Waals surface area contributed by atoms with Gasteiger partial charge in [-0.15, -0.1) is 0 Å².